The Bertz CT molecular complexity index is 1120. The van der Waals surface area contributed by atoms with Gasteiger partial charge in [-0.25, -0.2) is 4.98 Å². The Morgan fingerprint density at radius 1 is 0.964 bits per heavy atom. The van der Waals surface area contributed by atoms with Crippen LogP contribution < -0.4 is 0 Å². The van der Waals surface area contributed by atoms with Gasteiger partial charge in [0.05, 0.1) is 11.3 Å². The smallest absolute Gasteiger partial charge is 0.155 e. The van der Waals surface area contributed by atoms with E-state index in [2.05, 4.69) is 40.3 Å². The molecule has 1 aromatic heterocycles. The zero-order chi connectivity index (χ0) is 19.2. The van der Waals surface area contributed by atoms with E-state index in [1.807, 2.05) is 36.4 Å². The molecule has 5 heteroatoms. The van der Waals surface area contributed by atoms with Crippen molar-refractivity contribution in [3.05, 3.63) is 84.9 Å². The molecule has 1 heterocycles. The van der Waals surface area contributed by atoms with Crippen molar-refractivity contribution in [2.24, 2.45) is 0 Å². The zero-order valence-electron chi connectivity index (χ0n) is 15.5. The Kier molecular flexibility index (Phi) is 7.56. The van der Waals surface area contributed by atoms with Crippen molar-refractivity contribution in [1.82, 2.24) is 9.97 Å². The third kappa shape index (κ3) is 5.09. The number of nitrogens with zero attached hydrogens (tertiary/aromatic N) is 2. The monoisotopic (exact) mass is 548 g/mol. The largest absolute Gasteiger partial charge is 0.512 e. The minimum absolute atomic E-state index is 0. The molecule has 1 N–H and O–H groups in total. The molecule has 0 fully saturated rings. The van der Waals surface area contributed by atoms with Crippen molar-refractivity contribution < 1.29 is 30.0 Å². The average Bonchev–Trinajstić information content (AvgIpc) is 2.67. The number of aliphatic hydroxyl groups is 1. The molecule has 0 aliphatic carbocycles. The third-order valence-corrected chi connectivity index (χ3v) is 3.91. The molecular weight excluding hydrogens is 528 g/mol. The normalized spacial score (nSPS) is 10.7. The summed E-state index contributed by atoms with van der Waals surface area (Å²) < 4.78 is 0. The predicted molar refractivity (Wildman–Crippen MR) is 108 cm³/mol. The summed E-state index contributed by atoms with van der Waals surface area (Å²) in [6.45, 7) is 2.85. The maximum Gasteiger partial charge on any atom is 0.155 e. The first kappa shape index (κ1) is 21.4. The molecule has 143 valence electrons. The van der Waals surface area contributed by atoms with Crippen LogP contribution in [0.4, 0.5) is 0 Å². The van der Waals surface area contributed by atoms with Crippen molar-refractivity contribution in [2.75, 3.05) is 0 Å². The Morgan fingerprint density at radius 3 is 2.36 bits per heavy atom. The van der Waals surface area contributed by atoms with Crippen LogP contribution in [0.15, 0.2) is 78.8 Å². The van der Waals surface area contributed by atoms with Gasteiger partial charge < -0.3 is 5.11 Å². The Hall–Kier alpha value is -2.88. The molecule has 0 unspecified atom stereocenters. The quantitative estimate of drug-likeness (QED) is 0.161. The first-order valence-corrected chi connectivity index (χ1v) is 8.53. The molecule has 3 aromatic carbocycles. The van der Waals surface area contributed by atoms with E-state index in [-0.39, 0.29) is 31.6 Å². The van der Waals surface area contributed by atoms with Crippen LogP contribution in [0.3, 0.4) is 0 Å². The molecule has 1 radical (unpaired) electrons. The van der Waals surface area contributed by atoms with Gasteiger partial charge in [-0.2, -0.15) is 0 Å². The Labute approximate surface area is 177 Å². The summed E-state index contributed by atoms with van der Waals surface area (Å²) in [5.74, 6) is -0.0625. The molecule has 28 heavy (non-hydrogen) atoms. The summed E-state index contributed by atoms with van der Waals surface area (Å²) in [4.78, 5) is 18.9. The van der Waals surface area contributed by atoms with Crippen LogP contribution in [0.1, 0.15) is 13.8 Å². The van der Waals surface area contributed by atoms with Gasteiger partial charge in [-0.1, -0.05) is 36.4 Å². The number of rotatable bonds is 2. The van der Waals surface area contributed by atoms with Crippen LogP contribution in [0.25, 0.3) is 32.9 Å². The van der Waals surface area contributed by atoms with Crippen LogP contribution in [0.2, 0.25) is 0 Å². The maximum absolute atomic E-state index is 10.0. The van der Waals surface area contributed by atoms with E-state index in [4.69, 9.17) is 5.11 Å². The number of carbonyl (C=O) groups excluding carboxylic acids is 1. The van der Waals surface area contributed by atoms with E-state index in [9.17, 15) is 4.79 Å². The van der Waals surface area contributed by atoms with E-state index < -0.39 is 0 Å². The molecular formula is C23H19IrN2O2-. The number of aromatic nitrogens is 2. The number of carbonyl (C=O) groups is 1. The fourth-order valence-electron chi connectivity index (χ4n) is 2.85. The second kappa shape index (κ2) is 9.88. The van der Waals surface area contributed by atoms with Crippen molar-refractivity contribution in [2.45, 2.75) is 13.8 Å². The van der Waals surface area contributed by atoms with Gasteiger partial charge in [0.15, 0.2) is 5.78 Å². The first-order valence-electron chi connectivity index (χ1n) is 8.53. The molecule has 0 bridgehead atoms. The number of allylic oxidation sites excluding steroid dienone is 2. The standard InChI is InChI=1S/C18H11N2.C5H8O2.Ir/c1-2-7-14(8-3-1)17-16-11-10-13-6-4-5-9-15(13)18(16)20-12-19-17;1-4(6)3-5(2)7;/h1-7,9-12H;3,6H,1-2H3;/q-1;;/b;4-3-;. The van der Waals surface area contributed by atoms with Crippen molar-refractivity contribution in [1.29, 1.82) is 0 Å². The summed E-state index contributed by atoms with van der Waals surface area (Å²) in [7, 11) is 0. The molecule has 4 rings (SSSR count). The van der Waals surface area contributed by atoms with Crippen LogP contribution >= 0.6 is 0 Å². The van der Waals surface area contributed by atoms with E-state index in [1.54, 1.807) is 6.33 Å². The first-order chi connectivity index (χ1) is 13.1. The second-order valence-corrected chi connectivity index (χ2v) is 6.08. The van der Waals surface area contributed by atoms with Gasteiger partial charge in [0.2, 0.25) is 0 Å². The molecule has 0 saturated heterocycles. The summed E-state index contributed by atoms with van der Waals surface area (Å²) in [6.07, 6.45) is 2.80. The molecule has 0 atom stereocenters. The van der Waals surface area contributed by atoms with Crippen LogP contribution in [0.5, 0.6) is 0 Å². The van der Waals surface area contributed by atoms with Gasteiger partial charge in [0.25, 0.3) is 0 Å². The van der Waals surface area contributed by atoms with Crippen LogP contribution in [-0.4, -0.2) is 20.9 Å². The topological polar surface area (TPSA) is 63.1 Å². The molecule has 4 nitrogen and oxygen atoms in total. The number of aliphatic hydroxyl groups excluding tert-OH is 1. The molecule has 0 aliphatic rings. The van der Waals surface area contributed by atoms with Gasteiger partial charge in [-0.05, 0) is 30.3 Å². The van der Waals surface area contributed by atoms with Crippen molar-refractivity contribution in [3.63, 3.8) is 0 Å². The zero-order valence-corrected chi connectivity index (χ0v) is 17.9. The molecule has 0 amide bonds. The summed E-state index contributed by atoms with van der Waals surface area (Å²) in [6, 6.07) is 23.6. The fourth-order valence-corrected chi connectivity index (χ4v) is 2.85. The number of hydrogen-bond donors (Lipinski definition) is 1. The van der Waals surface area contributed by atoms with Gasteiger partial charge in [0.1, 0.15) is 6.33 Å². The van der Waals surface area contributed by atoms with Crippen molar-refractivity contribution in [3.8, 4) is 11.3 Å². The van der Waals surface area contributed by atoms with Crippen LogP contribution in [0, 0.1) is 6.07 Å². The SMILES string of the molecule is CC(=O)/C=C(/C)O.[Ir].[c-]1ccccc1-c1ncnc2c1ccc1ccccc12. The molecule has 4 aromatic rings. The van der Waals surface area contributed by atoms with Crippen molar-refractivity contribution >= 4 is 27.5 Å². The number of hydrogen-bond acceptors (Lipinski definition) is 4. The number of ketones is 1. The van der Waals surface area contributed by atoms with Crippen LogP contribution in [-0.2, 0) is 24.9 Å². The molecule has 0 aliphatic heterocycles. The summed E-state index contributed by atoms with van der Waals surface area (Å²) in [5, 5.41) is 11.8. The van der Waals surface area contributed by atoms with E-state index in [0.717, 1.165) is 27.5 Å². The van der Waals surface area contributed by atoms with E-state index >= 15 is 0 Å². The second-order valence-electron chi connectivity index (χ2n) is 6.08. The predicted octanol–water partition coefficient (Wildman–Crippen LogP) is 5.28. The van der Waals surface area contributed by atoms with Gasteiger partial charge in [-0.15, -0.1) is 35.9 Å². The number of fused-ring (bicyclic) bond motifs is 3. The third-order valence-electron chi connectivity index (χ3n) is 3.91. The Morgan fingerprint density at radius 2 is 1.71 bits per heavy atom. The summed E-state index contributed by atoms with van der Waals surface area (Å²) >= 11 is 0. The minimum Gasteiger partial charge on any atom is -0.512 e. The van der Waals surface area contributed by atoms with Gasteiger partial charge >= 0.3 is 0 Å². The fraction of sp³-hybridized carbons (Fsp3) is 0.0870. The summed E-state index contributed by atoms with van der Waals surface area (Å²) in [5.41, 5.74) is 2.92. The molecule has 0 saturated carbocycles. The Balaban J connectivity index is 0.000000306. The van der Waals surface area contributed by atoms with E-state index in [0.29, 0.717) is 0 Å². The van der Waals surface area contributed by atoms with Gasteiger partial charge in [-0.3, -0.25) is 9.78 Å². The average molecular weight is 548 g/mol. The van der Waals surface area contributed by atoms with E-state index in [1.165, 1.54) is 25.3 Å². The van der Waals surface area contributed by atoms with Gasteiger partial charge in [0, 0.05) is 31.6 Å². The maximum atomic E-state index is 10.0. The minimum atomic E-state index is -0.125. The number of benzene rings is 3. The molecule has 0 spiro atoms.